The Morgan fingerprint density at radius 1 is 1.43 bits per heavy atom. The molecule has 0 saturated heterocycles. The van der Waals surface area contributed by atoms with Crippen molar-refractivity contribution in [3.8, 4) is 17.4 Å². The monoisotopic (exact) mass is 194 g/mol. The fourth-order valence-electron chi connectivity index (χ4n) is 0.895. The highest BCUT2D eigenvalue weighted by atomic mass is 16.5. The van der Waals surface area contributed by atoms with Crippen LogP contribution in [0, 0.1) is 0 Å². The summed E-state index contributed by atoms with van der Waals surface area (Å²) >= 11 is 0. The molecule has 0 saturated carbocycles. The van der Waals surface area contributed by atoms with Gasteiger partial charge in [0.2, 0.25) is 11.7 Å². The zero-order valence-corrected chi connectivity index (χ0v) is 7.22. The van der Waals surface area contributed by atoms with Crippen molar-refractivity contribution < 1.29 is 9.26 Å². The quantitative estimate of drug-likeness (QED) is 0.713. The lowest BCUT2D eigenvalue weighted by atomic mass is 10.4. The molecule has 0 aliphatic heterocycles. The van der Waals surface area contributed by atoms with E-state index in [-0.39, 0.29) is 5.82 Å². The number of ether oxygens (including phenoxy) is 1. The van der Waals surface area contributed by atoms with E-state index in [1.165, 1.54) is 7.11 Å². The highest BCUT2D eigenvalue weighted by Gasteiger charge is 2.06. The van der Waals surface area contributed by atoms with E-state index in [2.05, 4.69) is 24.9 Å². The number of aromatic amines is 1. The molecule has 0 aliphatic carbocycles. The van der Waals surface area contributed by atoms with E-state index >= 15 is 0 Å². The number of hydrogen-bond acceptors (Lipinski definition) is 6. The zero-order valence-electron chi connectivity index (χ0n) is 7.22. The first kappa shape index (κ1) is 8.42. The van der Waals surface area contributed by atoms with Gasteiger partial charge in [-0.05, 0) is 6.07 Å². The Morgan fingerprint density at radius 2 is 2.29 bits per heavy atom. The van der Waals surface area contributed by atoms with Crippen LogP contribution in [-0.2, 0) is 0 Å². The molecule has 2 rings (SSSR count). The Morgan fingerprint density at radius 3 is 2.79 bits per heavy atom. The third-order valence-corrected chi connectivity index (χ3v) is 1.53. The van der Waals surface area contributed by atoms with Gasteiger partial charge in [0.1, 0.15) is 5.69 Å². The maximum Gasteiger partial charge on any atom is 0.439 e. The molecule has 0 spiro atoms. The van der Waals surface area contributed by atoms with Crippen LogP contribution in [0.25, 0.3) is 11.5 Å². The van der Waals surface area contributed by atoms with Crippen molar-refractivity contribution in [2.45, 2.75) is 0 Å². The lowest BCUT2D eigenvalue weighted by molar-refractivity contribution is 0.386. The van der Waals surface area contributed by atoms with Crippen molar-refractivity contribution in [2.75, 3.05) is 7.11 Å². The normalized spacial score (nSPS) is 10.1. The smallest absolute Gasteiger partial charge is 0.439 e. The average molecular weight is 194 g/mol. The van der Waals surface area contributed by atoms with Crippen LogP contribution in [-0.4, -0.2) is 27.4 Å². The molecule has 0 atom stereocenters. The average Bonchev–Trinajstić information content (AvgIpc) is 2.65. The van der Waals surface area contributed by atoms with Crippen molar-refractivity contribution in [1.29, 1.82) is 0 Å². The van der Waals surface area contributed by atoms with Crippen LogP contribution in [0.5, 0.6) is 5.88 Å². The first-order valence-corrected chi connectivity index (χ1v) is 3.73. The lowest BCUT2D eigenvalue weighted by Crippen LogP contribution is -1.97. The van der Waals surface area contributed by atoms with Crippen molar-refractivity contribution in [1.82, 2.24) is 20.3 Å². The van der Waals surface area contributed by atoms with Crippen LogP contribution < -0.4 is 10.5 Å². The van der Waals surface area contributed by atoms with E-state index in [0.29, 0.717) is 11.6 Å². The summed E-state index contributed by atoms with van der Waals surface area (Å²) in [4.78, 5) is 13.0. The minimum absolute atomic E-state index is 0.241. The summed E-state index contributed by atoms with van der Waals surface area (Å²) in [5, 5.41) is 10.9. The number of nitrogens with zero attached hydrogens (tertiary/aromatic N) is 3. The summed E-state index contributed by atoms with van der Waals surface area (Å²) in [6.07, 6.45) is 0. The van der Waals surface area contributed by atoms with Gasteiger partial charge in [-0.15, -0.1) is 10.2 Å². The first-order chi connectivity index (χ1) is 6.79. The Balaban J connectivity index is 2.38. The third-order valence-electron chi connectivity index (χ3n) is 1.53. The molecule has 14 heavy (non-hydrogen) atoms. The van der Waals surface area contributed by atoms with Crippen LogP contribution in [0.15, 0.2) is 21.5 Å². The summed E-state index contributed by atoms with van der Waals surface area (Å²) in [5.41, 5.74) is 0.414. The minimum Gasteiger partial charge on any atom is -0.480 e. The van der Waals surface area contributed by atoms with Gasteiger partial charge in [-0.3, -0.25) is 9.51 Å². The van der Waals surface area contributed by atoms with Gasteiger partial charge in [-0.25, -0.2) is 4.79 Å². The minimum atomic E-state index is -0.627. The molecule has 2 aromatic rings. The Kier molecular flexibility index (Phi) is 1.98. The van der Waals surface area contributed by atoms with E-state index < -0.39 is 5.76 Å². The second-order valence-corrected chi connectivity index (χ2v) is 2.40. The highest BCUT2D eigenvalue weighted by molar-refractivity contribution is 5.46. The number of aromatic nitrogens is 4. The molecular formula is C7H6N4O3. The maximum atomic E-state index is 10.6. The number of rotatable bonds is 2. The molecule has 7 nitrogen and oxygen atoms in total. The number of hydrogen-bond donors (Lipinski definition) is 1. The molecular weight excluding hydrogens is 188 g/mol. The SMILES string of the molecule is COc1ccc(-c2noc(=O)[nH]2)nn1. The van der Waals surface area contributed by atoms with Gasteiger partial charge < -0.3 is 4.74 Å². The third kappa shape index (κ3) is 1.47. The topological polar surface area (TPSA) is 93.9 Å². The van der Waals surface area contributed by atoms with E-state index in [0.717, 1.165) is 0 Å². The molecule has 2 heterocycles. The van der Waals surface area contributed by atoms with E-state index in [4.69, 9.17) is 4.74 Å². The summed E-state index contributed by atoms with van der Waals surface area (Å²) in [5.74, 6) is 0.00219. The van der Waals surface area contributed by atoms with Crippen molar-refractivity contribution in [2.24, 2.45) is 0 Å². The largest absolute Gasteiger partial charge is 0.480 e. The van der Waals surface area contributed by atoms with Gasteiger partial charge >= 0.3 is 5.76 Å². The number of H-pyrrole nitrogens is 1. The van der Waals surface area contributed by atoms with Crippen molar-refractivity contribution in [3.63, 3.8) is 0 Å². The van der Waals surface area contributed by atoms with Crippen LogP contribution in [0.2, 0.25) is 0 Å². The molecule has 0 bridgehead atoms. The predicted molar refractivity (Wildman–Crippen MR) is 44.7 cm³/mol. The fraction of sp³-hybridized carbons (Fsp3) is 0.143. The van der Waals surface area contributed by atoms with E-state index in [1.54, 1.807) is 12.1 Å². The summed E-state index contributed by atoms with van der Waals surface area (Å²) in [6, 6.07) is 3.22. The van der Waals surface area contributed by atoms with E-state index in [9.17, 15) is 4.79 Å². The Hall–Kier alpha value is -2.18. The molecule has 0 fully saturated rings. The molecule has 0 aromatic carbocycles. The molecule has 0 aliphatic rings. The van der Waals surface area contributed by atoms with Crippen LogP contribution >= 0.6 is 0 Å². The summed E-state index contributed by atoms with van der Waals surface area (Å²) in [7, 11) is 1.49. The molecule has 0 amide bonds. The fourth-order valence-corrected chi connectivity index (χ4v) is 0.895. The Bertz CT molecular complexity index is 472. The Labute approximate surface area is 77.7 Å². The van der Waals surface area contributed by atoms with Gasteiger partial charge in [0, 0.05) is 6.07 Å². The van der Waals surface area contributed by atoms with Gasteiger partial charge in [0.25, 0.3) is 0 Å². The number of methoxy groups -OCH3 is 1. The number of nitrogens with one attached hydrogen (secondary N) is 1. The standard InChI is InChI=1S/C7H6N4O3/c1-13-5-3-2-4(9-10-5)6-8-7(12)14-11-6/h2-3H,1H3,(H,8,11,12). The predicted octanol–water partition coefficient (Wildman–Crippen LogP) is -0.172. The van der Waals surface area contributed by atoms with Gasteiger partial charge in [0.15, 0.2) is 0 Å². The second kappa shape index (κ2) is 3.29. The lowest BCUT2D eigenvalue weighted by Gasteiger charge is -1.96. The first-order valence-electron chi connectivity index (χ1n) is 3.73. The van der Waals surface area contributed by atoms with Crippen LogP contribution in [0.1, 0.15) is 0 Å². The van der Waals surface area contributed by atoms with Crippen molar-refractivity contribution >= 4 is 0 Å². The molecule has 72 valence electrons. The zero-order chi connectivity index (χ0) is 9.97. The van der Waals surface area contributed by atoms with Crippen LogP contribution in [0.4, 0.5) is 0 Å². The molecule has 2 aromatic heterocycles. The van der Waals surface area contributed by atoms with Gasteiger partial charge in [-0.2, -0.15) is 0 Å². The molecule has 1 N–H and O–H groups in total. The van der Waals surface area contributed by atoms with Gasteiger partial charge in [0.05, 0.1) is 7.11 Å². The van der Waals surface area contributed by atoms with Crippen molar-refractivity contribution in [3.05, 3.63) is 22.7 Å². The second-order valence-electron chi connectivity index (χ2n) is 2.40. The highest BCUT2D eigenvalue weighted by Crippen LogP contribution is 2.11. The summed E-state index contributed by atoms with van der Waals surface area (Å²) in [6.45, 7) is 0. The molecule has 7 heteroatoms. The molecule has 0 radical (unpaired) electrons. The van der Waals surface area contributed by atoms with Gasteiger partial charge in [-0.1, -0.05) is 5.16 Å². The van der Waals surface area contributed by atoms with E-state index in [1.807, 2.05) is 0 Å². The molecule has 0 unspecified atom stereocenters. The van der Waals surface area contributed by atoms with Crippen LogP contribution in [0.3, 0.4) is 0 Å². The maximum absolute atomic E-state index is 10.6. The summed E-state index contributed by atoms with van der Waals surface area (Å²) < 4.78 is 9.14.